The number of aromatic nitrogens is 4. The van der Waals surface area contributed by atoms with Gasteiger partial charge in [0.2, 0.25) is 0 Å². The third-order valence-corrected chi connectivity index (χ3v) is 3.49. The lowest BCUT2D eigenvalue weighted by molar-refractivity contribution is 0.102. The normalized spacial score (nSPS) is 10.7. The molecule has 7 nitrogen and oxygen atoms in total. The van der Waals surface area contributed by atoms with Crippen molar-refractivity contribution >= 4 is 23.5 Å². The quantitative estimate of drug-likeness (QED) is 0.795. The molecule has 3 rings (SSSR count). The summed E-state index contributed by atoms with van der Waals surface area (Å²) >= 11 is 0.919. The van der Waals surface area contributed by atoms with Crippen LogP contribution >= 0.6 is 11.5 Å². The SMILES string of the molecule is Cc1nnsc1C(=O)Nc1nnc(-c2ccc(F)cc2F)o1. The largest absolute Gasteiger partial charge is 0.403 e. The Morgan fingerprint density at radius 1 is 1.27 bits per heavy atom. The van der Waals surface area contributed by atoms with Crippen LogP contribution in [0.3, 0.4) is 0 Å². The maximum Gasteiger partial charge on any atom is 0.322 e. The van der Waals surface area contributed by atoms with Crippen molar-refractivity contribution in [1.82, 2.24) is 19.8 Å². The molecule has 10 heteroatoms. The van der Waals surface area contributed by atoms with E-state index in [4.69, 9.17) is 4.42 Å². The van der Waals surface area contributed by atoms with Crippen molar-refractivity contribution in [2.24, 2.45) is 0 Å². The van der Waals surface area contributed by atoms with Crippen molar-refractivity contribution in [1.29, 1.82) is 0 Å². The number of benzene rings is 1. The summed E-state index contributed by atoms with van der Waals surface area (Å²) in [6.07, 6.45) is 0. The molecule has 0 aliphatic rings. The van der Waals surface area contributed by atoms with Gasteiger partial charge in [0.05, 0.1) is 11.3 Å². The van der Waals surface area contributed by atoms with E-state index in [-0.39, 0.29) is 17.5 Å². The van der Waals surface area contributed by atoms with E-state index in [9.17, 15) is 13.6 Å². The van der Waals surface area contributed by atoms with E-state index in [1.165, 1.54) is 6.07 Å². The second-order valence-electron chi connectivity index (χ2n) is 4.18. The Hall–Kier alpha value is -2.75. The molecule has 0 saturated heterocycles. The van der Waals surface area contributed by atoms with Crippen LogP contribution < -0.4 is 5.32 Å². The summed E-state index contributed by atoms with van der Waals surface area (Å²) < 4.78 is 35.3. The molecule has 2 heterocycles. The average Bonchev–Trinajstić information content (AvgIpc) is 3.08. The van der Waals surface area contributed by atoms with Gasteiger partial charge < -0.3 is 4.42 Å². The van der Waals surface area contributed by atoms with Gasteiger partial charge in [0.1, 0.15) is 16.5 Å². The van der Waals surface area contributed by atoms with Gasteiger partial charge in [-0.05, 0) is 30.6 Å². The van der Waals surface area contributed by atoms with Gasteiger partial charge in [0, 0.05) is 6.07 Å². The maximum absolute atomic E-state index is 13.6. The summed E-state index contributed by atoms with van der Waals surface area (Å²) in [6, 6.07) is 2.72. The van der Waals surface area contributed by atoms with Gasteiger partial charge in [-0.1, -0.05) is 9.59 Å². The highest BCUT2D eigenvalue weighted by Gasteiger charge is 2.18. The predicted molar refractivity (Wildman–Crippen MR) is 72.2 cm³/mol. The molecule has 0 aliphatic heterocycles. The van der Waals surface area contributed by atoms with Crippen molar-refractivity contribution in [3.8, 4) is 11.5 Å². The lowest BCUT2D eigenvalue weighted by Gasteiger charge is -1.98. The average molecular weight is 323 g/mol. The number of anilines is 1. The molecule has 0 bridgehead atoms. The topological polar surface area (TPSA) is 93.8 Å². The first-order valence-corrected chi connectivity index (χ1v) is 6.71. The zero-order valence-corrected chi connectivity index (χ0v) is 11.8. The van der Waals surface area contributed by atoms with Crippen molar-refractivity contribution < 1.29 is 18.0 Å². The highest BCUT2D eigenvalue weighted by atomic mass is 32.1. The van der Waals surface area contributed by atoms with Crippen LogP contribution in [0.25, 0.3) is 11.5 Å². The minimum atomic E-state index is -0.843. The Bertz CT molecular complexity index is 848. The fourth-order valence-electron chi connectivity index (χ4n) is 1.64. The summed E-state index contributed by atoms with van der Waals surface area (Å²) in [5.74, 6) is -2.25. The van der Waals surface area contributed by atoms with E-state index in [1.807, 2.05) is 0 Å². The van der Waals surface area contributed by atoms with Crippen molar-refractivity contribution in [3.05, 3.63) is 40.4 Å². The van der Waals surface area contributed by atoms with Gasteiger partial charge in [-0.15, -0.1) is 10.2 Å². The molecular weight excluding hydrogens is 316 g/mol. The van der Waals surface area contributed by atoms with Crippen LogP contribution in [0.2, 0.25) is 0 Å². The fraction of sp³-hybridized carbons (Fsp3) is 0.0833. The van der Waals surface area contributed by atoms with Crippen LogP contribution in [-0.2, 0) is 0 Å². The molecule has 2 aromatic heterocycles. The molecule has 112 valence electrons. The molecule has 1 N–H and O–H groups in total. The third-order valence-electron chi connectivity index (χ3n) is 2.66. The van der Waals surface area contributed by atoms with Crippen LogP contribution in [0, 0.1) is 18.6 Å². The lowest BCUT2D eigenvalue weighted by atomic mass is 10.2. The Labute approximate surface area is 126 Å². The summed E-state index contributed by atoms with van der Waals surface area (Å²) in [7, 11) is 0. The van der Waals surface area contributed by atoms with E-state index in [1.54, 1.807) is 6.92 Å². The summed E-state index contributed by atoms with van der Waals surface area (Å²) in [5, 5.41) is 13.3. The molecule has 1 aromatic carbocycles. The first-order valence-electron chi connectivity index (χ1n) is 5.94. The molecule has 0 fully saturated rings. The smallest absolute Gasteiger partial charge is 0.322 e. The number of carbonyl (C=O) groups excluding carboxylic acids is 1. The van der Waals surface area contributed by atoms with Crippen LogP contribution in [0.4, 0.5) is 14.8 Å². The Morgan fingerprint density at radius 3 is 2.77 bits per heavy atom. The number of hydrogen-bond acceptors (Lipinski definition) is 7. The molecule has 0 aliphatic carbocycles. The number of carbonyl (C=O) groups is 1. The first-order chi connectivity index (χ1) is 10.5. The van der Waals surface area contributed by atoms with Crippen LogP contribution in [0.15, 0.2) is 22.6 Å². The van der Waals surface area contributed by atoms with Crippen LogP contribution in [0.5, 0.6) is 0 Å². The van der Waals surface area contributed by atoms with E-state index in [0.29, 0.717) is 16.6 Å². The standard InChI is InChI=1S/C12H7F2N5O2S/c1-5-9(22-19-16-5)10(20)15-12-18-17-11(21-12)7-3-2-6(13)4-8(7)14/h2-4H,1H3,(H,15,18,20). The van der Waals surface area contributed by atoms with Crippen molar-refractivity contribution in [3.63, 3.8) is 0 Å². The molecule has 1 amide bonds. The van der Waals surface area contributed by atoms with Gasteiger partial charge in [-0.3, -0.25) is 10.1 Å². The van der Waals surface area contributed by atoms with E-state index in [0.717, 1.165) is 17.6 Å². The summed E-state index contributed by atoms with van der Waals surface area (Å²) in [5.41, 5.74) is 0.400. The zero-order chi connectivity index (χ0) is 15.7. The summed E-state index contributed by atoms with van der Waals surface area (Å²) in [6.45, 7) is 1.63. The predicted octanol–water partition coefficient (Wildman–Crippen LogP) is 2.43. The number of amides is 1. The number of nitrogens with zero attached hydrogens (tertiary/aromatic N) is 4. The molecule has 0 spiro atoms. The van der Waals surface area contributed by atoms with Crippen LogP contribution in [-0.4, -0.2) is 25.7 Å². The number of nitrogens with one attached hydrogen (secondary N) is 1. The van der Waals surface area contributed by atoms with Crippen molar-refractivity contribution in [2.75, 3.05) is 5.32 Å². The Kier molecular flexibility index (Phi) is 3.59. The minimum absolute atomic E-state index is 0.0648. The zero-order valence-electron chi connectivity index (χ0n) is 11.0. The number of halogens is 2. The number of hydrogen-bond donors (Lipinski definition) is 1. The Balaban J connectivity index is 1.82. The first kappa shape index (κ1) is 14.2. The minimum Gasteiger partial charge on any atom is -0.403 e. The van der Waals surface area contributed by atoms with E-state index >= 15 is 0 Å². The van der Waals surface area contributed by atoms with Gasteiger partial charge in [0.15, 0.2) is 0 Å². The van der Waals surface area contributed by atoms with Gasteiger partial charge in [-0.25, -0.2) is 8.78 Å². The molecule has 0 unspecified atom stereocenters. The Morgan fingerprint density at radius 2 is 2.09 bits per heavy atom. The highest BCUT2D eigenvalue weighted by Crippen LogP contribution is 2.24. The van der Waals surface area contributed by atoms with Crippen molar-refractivity contribution in [2.45, 2.75) is 6.92 Å². The fourth-order valence-corrected chi connectivity index (χ4v) is 2.19. The van der Waals surface area contributed by atoms with Gasteiger partial charge in [-0.2, -0.15) is 0 Å². The highest BCUT2D eigenvalue weighted by molar-refractivity contribution is 7.08. The van der Waals surface area contributed by atoms with Gasteiger partial charge in [0.25, 0.3) is 11.8 Å². The molecule has 0 radical (unpaired) electrons. The molecular formula is C12H7F2N5O2S. The van der Waals surface area contributed by atoms with E-state index < -0.39 is 17.5 Å². The molecule has 0 saturated carbocycles. The second kappa shape index (κ2) is 5.56. The lowest BCUT2D eigenvalue weighted by Crippen LogP contribution is -2.11. The monoisotopic (exact) mass is 323 g/mol. The second-order valence-corrected chi connectivity index (χ2v) is 4.93. The number of rotatable bonds is 3. The number of aryl methyl sites for hydroxylation is 1. The van der Waals surface area contributed by atoms with Gasteiger partial charge >= 0.3 is 6.01 Å². The molecule has 22 heavy (non-hydrogen) atoms. The van der Waals surface area contributed by atoms with Crippen LogP contribution in [0.1, 0.15) is 15.4 Å². The third kappa shape index (κ3) is 2.68. The van der Waals surface area contributed by atoms with E-state index in [2.05, 4.69) is 25.1 Å². The molecule has 3 aromatic rings. The summed E-state index contributed by atoms with van der Waals surface area (Å²) in [4.78, 5) is 12.2. The molecule has 0 atom stereocenters. The maximum atomic E-state index is 13.6.